The largest absolute Gasteiger partial charge is 0.383 e. The third kappa shape index (κ3) is 3.08. The maximum absolute atomic E-state index is 12.1. The molecule has 0 spiro atoms. The molecule has 6 heteroatoms. The molecule has 2 rings (SSSR count). The van der Waals surface area contributed by atoms with E-state index < -0.39 is 0 Å². The van der Waals surface area contributed by atoms with Gasteiger partial charge >= 0.3 is 0 Å². The van der Waals surface area contributed by atoms with E-state index >= 15 is 0 Å². The van der Waals surface area contributed by atoms with Crippen LogP contribution in [0.1, 0.15) is 40.1 Å². The van der Waals surface area contributed by atoms with Crippen LogP contribution in [0, 0.1) is 0 Å². The average molecular weight is 276 g/mol. The average Bonchev–Trinajstić information content (AvgIpc) is 2.88. The van der Waals surface area contributed by atoms with Crippen LogP contribution in [-0.2, 0) is 6.42 Å². The maximum Gasteiger partial charge on any atom is 0.255 e. The van der Waals surface area contributed by atoms with E-state index in [2.05, 4.69) is 22.2 Å². The second-order valence-electron chi connectivity index (χ2n) is 4.15. The second-order valence-corrected chi connectivity index (χ2v) is 5.30. The molecule has 0 aromatic carbocycles. The lowest BCUT2D eigenvalue weighted by Crippen LogP contribution is -2.27. The van der Waals surface area contributed by atoms with E-state index in [1.165, 1.54) is 4.88 Å². The van der Waals surface area contributed by atoms with E-state index in [1.54, 1.807) is 29.7 Å². The Kier molecular flexibility index (Phi) is 4.11. The highest BCUT2D eigenvalue weighted by Gasteiger charge is 2.16. The van der Waals surface area contributed by atoms with Crippen molar-refractivity contribution >= 4 is 23.1 Å². The zero-order valence-corrected chi connectivity index (χ0v) is 11.7. The van der Waals surface area contributed by atoms with Gasteiger partial charge in [0.15, 0.2) is 0 Å². The molecule has 2 aromatic heterocycles. The number of carbonyl (C=O) groups excluding carboxylic acids is 1. The quantitative estimate of drug-likeness (QED) is 0.896. The van der Waals surface area contributed by atoms with Gasteiger partial charge in [0.1, 0.15) is 10.8 Å². The topological polar surface area (TPSA) is 80.9 Å². The summed E-state index contributed by atoms with van der Waals surface area (Å²) in [5.74, 6) is 0.00642. The van der Waals surface area contributed by atoms with E-state index in [0.717, 1.165) is 11.4 Å². The Hall–Kier alpha value is -1.95. The lowest BCUT2D eigenvalue weighted by atomic mass is 10.2. The molecule has 1 atom stereocenters. The zero-order chi connectivity index (χ0) is 13.8. The van der Waals surface area contributed by atoms with Gasteiger partial charge in [-0.25, -0.2) is 9.97 Å². The van der Waals surface area contributed by atoms with Crippen LogP contribution in [0.4, 0.5) is 5.82 Å². The smallest absolute Gasteiger partial charge is 0.255 e. The first-order valence-corrected chi connectivity index (χ1v) is 6.89. The molecule has 3 N–H and O–H groups in total. The molecule has 0 radical (unpaired) electrons. The predicted molar refractivity (Wildman–Crippen MR) is 76.0 cm³/mol. The minimum absolute atomic E-state index is 0.141. The molecule has 2 heterocycles. The number of nitrogens with one attached hydrogen (secondary N) is 1. The number of rotatable bonds is 4. The van der Waals surface area contributed by atoms with Gasteiger partial charge in [0.2, 0.25) is 0 Å². The molecule has 0 aliphatic rings. The van der Waals surface area contributed by atoms with Crippen LogP contribution in [0.2, 0.25) is 0 Å². The minimum Gasteiger partial charge on any atom is -0.383 e. The van der Waals surface area contributed by atoms with Crippen molar-refractivity contribution in [3.05, 3.63) is 40.0 Å². The van der Waals surface area contributed by atoms with Crippen LogP contribution in [0.25, 0.3) is 0 Å². The SMILES string of the molecule is CCc1cnc(C(C)NC(=O)c2cccnc2N)s1. The number of hydrogen-bond donors (Lipinski definition) is 2. The van der Waals surface area contributed by atoms with E-state index in [1.807, 2.05) is 13.1 Å². The maximum atomic E-state index is 12.1. The van der Waals surface area contributed by atoms with Gasteiger partial charge in [-0.3, -0.25) is 4.79 Å². The van der Waals surface area contributed by atoms with Crippen LogP contribution in [0.3, 0.4) is 0 Å². The lowest BCUT2D eigenvalue weighted by Gasteiger charge is -2.11. The number of pyridine rings is 1. The fraction of sp³-hybridized carbons (Fsp3) is 0.308. The van der Waals surface area contributed by atoms with E-state index in [-0.39, 0.29) is 17.8 Å². The number of hydrogen-bond acceptors (Lipinski definition) is 5. The van der Waals surface area contributed by atoms with Gasteiger partial charge in [0, 0.05) is 17.3 Å². The molecule has 0 bridgehead atoms. The molecular weight excluding hydrogens is 260 g/mol. The second kappa shape index (κ2) is 5.79. The van der Waals surface area contributed by atoms with Gasteiger partial charge in [-0.15, -0.1) is 11.3 Å². The Labute approximate surface area is 115 Å². The summed E-state index contributed by atoms with van der Waals surface area (Å²) >= 11 is 1.61. The fourth-order valence-corrected chi connectivity index (χ4v) is 2.49. The fourth-order valence-electron chi connectivity index (χ4n) is 1.63. The van der Waals surface area contributed by atoms with Crippen LogP contribution >= 0.6 is 11.3 Å². The van der Waals surface area contributed by atoms with Crippen LogP contribution in [0.5, 0.6) is 0 Å². The molecule has 100 valence electrons. The minimum atomic E-state index is -0.230. The molecule has 0 saturated heterocycles. The van der Waals surface area contributed by atoms with E-state index in [9.17, 15) is 4.79 Å². The number of nitrogen functional groups attached to an aromatic ring is 1. The normalized spacial score (nSPS) is 12.1. The van der Waals surface area contributed by atoms with Gasteiger partial charge < -0.3 is 11.1 Å². The van der Waals surface area contributed by atoms with Crippen molar-refractivity contribution in [1.29, 1.82) is 0 Å². The lowest BCUT2D eigenvalue weighted by molar-refractivity contribution is 0.0940. The van der Waals surface area contributed by atoms with Crippen molar-refractivity contribution in [3.63, 3.8) is 0 Å². The number of aryl methyl sites for hydroxylation is 1. The predicted octanol–water partition coefficient (Wildman–Crippen LogP) is 2.17. The molecule has 19 heavy (non-hydrogen) atoms. The Balaban J connectivity index is 2.08. The molecule has 2 aromatic rings. The first-order chi connectivity index (χ1) is 9.11. The number of thiazole rings is 1. The number of carbonyl (C=O) groups is 1. The summed E-state index contributed by atoms with van der Waals surface area (Å²) < 4.78 is 0. The molecular formula is C13H16N4OS. The zero-order valence-electron chi connectivity index (χ0n) is 10.9. The summed E-state index contributed by atoms with van der Waals surface area (Å²) in [5, 5.41) is 3.78. The third-order valence-corrected chi connectivity index (χ3v) is 4.05. The molecule has 0 saturated carbocycles. The number of amides is 1. The first-order valence-electron chi connectivity index (χ1n) is 6.07. The molecule has 5 nitrogen and oxygen atoms in total. The highest BCUT2D eigenvalue weighted by molar-refractivity contribution is 7.11. The van der Waals surface area contributed by atoms with Crippen molar-refractivity contribution in [2.24, 2.45) is 0 Å². The highest BCUT2D eigenvalue weighted by atomic mass is 32.1. The Morgan fingerprint density at radius 3 is 2.95 bits per heavy atom. The highest BCUT2D eigenvalue weighted by Crippen LogP contribution is 2.20. The number of anilines is 1. The summed E-state index contributed by atoms with van der Waals surface area (Å²) in [6.07, 6.45) is 4.36. The third-order valence-electron chi connectivity index (χ3n) is 2.72. The van der Waals surface area contributed by atoms with Crippen molar-refractivity contribution < 1.29 is 4.79 Å². The van der Waals surface area contributed by atoms with Gasteiger partial charge in [-0.05, 0) is 25.5 Å². The molecule has 0 fully saturated rings. The number of aromatic nitrogens is 2. The van der Waals surface area contributed by atoms with Crippen LogP contribution < -0.4 is 11.1 Å². The van der Waals surface area contributed by atoms with Crippen molar-refractivity contribution in [2.45, 2.75) is 26.3 Å². The summed E-state index contributed by atoms with van der Waals surface area (Å²) in [5.41, 5.74) is 6.07. The summed E-state index contributed by atoms with van der Waals surface area (Å²) in [4.78, 5) is 21.5. The number of nitrogens with zero attached hydrogens (tertiary/aromatic N) is 2. The van der Waals surface area contributed by atoms with Gasteiger partial charge in [0.25, 0.3) is 5.91 Å². The van der Waals surface area contributed by atoms with E-state index in [0.29, 0.717) is 5.56 Å². The molecule has 1 unspecified atom stereocenters. The van der Waals surface area contributed by atoms with Crippen LogP contribution in [0.15, 0.2) is 24.5 Å². The Morgan fingerprint density at radius 2 is 2.32 bits per heavy atom. The van der Waals surface area contributed by atoms with E-state index in [4.69, 9.17) is 5.73 Å². The van der Waals surface area contributed by atoms with Crippen LogP contribution in [-0.4, -0.2) is 15.9 Å². The van der Waals surface area contributed by atoms with Crippen molar-refractivity contribution in [3.8, 4) is 0 Å². The Bertz CT molecular complexity index is 582. The van der Waals surface area contributed by atoms with Gasteiger partial charge in [-0.1, -0.05) is 6.92 Å². The first kappa shape index (κ1) is 13.5. The molecule has 0 aliphatic carbocycles. The standard InChI is InChI=1S/C13H16N4OS/c1-3-9-7-16-13(19-9)8(2)17-12(18)10-5-4-6-15-11(10)14/h4-8H,3H2,1-2H3,(H2,14,15)(H,17,18). The Morgan fingerprint density at radius 1 is 1.53 bits per heavy atom. The molecule has 0 aliphatic heterocycles. The van der Waals surface area contributed by atoms with Gasteiger partial charge in [-0.2, -0.15) is 0 Å². The molecule has 1 amide bonds. The summed E-state index contributed by atoms with van der Waals surface area (Å²) in [7, 11) is 0. The summed E-state index contributed by atoms with van der Waals surface area (Å²) in [6.45, 7) is 3.99. The van der Waals surface area contributed by atoms with Crippen molar-refractivity contribution in [1.82, 2.24) is 15.3 Å². The number of nitrogens with two attached hydrogens (primary N) is 1. The monoisotopic (exact) mass is 276 g/mol. The van der Waals surface area contributed by atoms with Gasteiger partial charge in [0.05, 0.1) is 11.6 Å². The van der Waals surface area contributed by atoms with Crippen molar-refractivity contribution in [2.75, 3.05) is 5.73 Å². The summed E-state index contributed by atoms with van der Waals surface area (Å²) in [6, 6.07) is 3.20.